The first kappa shape index (κ1) is 11.4. The molecule has 15 heavy (non-hydrogen) atoms. The van der Waals surface area contributed by atoms with E-state index >= 15 is 0 Å². The standard InChI is InChI=1S/C10H13N3O2/c1-8(2)14-5-6-15-10-9(7-11)3-4-12-13-10/h3-4,8H,5-6H2,1-2H3. The van der Waals surface area contributed by atoms with Crippen LogP contribution in [0.15, 0.2) is 12.3 Å². The number of aromatic nitrogens is 2. The van der Waals surface area contributed by atoms with Gasteiger partial charge in [-0.3, -0.25) is 0 Å². The molecule has 0 aliphatic rings. The fourth-order valence-corrected chi connectivity index (χ4v) is 0.933. The molecule has 5 heteroatoms. The van der Waals surface area contributed by atoms with Crippen LogP contribution in [0.4, 0.5) is 0 Å². The van der Waals surface area contributed by atoms with Crippen molar-refractivity contribution in [2.75, 3.05) is 13.2 Å². The van der Waals surface area contributed by atoms with Crippen molar-refractivity contribution in [3.63, 3.8) is 0 Å². The van der Waals surface area contributed by atoms with Crippen LogP contribution in [-0.4, -0.2) is 29.5 Å². The SMILES string of the molecule is CC(C)OCCOc1nnccc1C#N. The van der Waals surface area contributed by atoms with Gasteiger partial charge < -0.3 is 9.47 Å². The Morgan fingerprint density at radius 2 is 2.27 bits per heavy atom. The minimum atomic E-state index is 0.172. The van der Waals surface area contributed by atoms with Gasteiger partial charge in [-0.1, -0.05) is 0 Å². The largest absolute Gasteiger partial charge is 0.473 e. The van der Waals surface area contributed by atoms with Crippen LogP contribution in [0.1, 0.15) is 19.4 Å². The van der Waals surface area contributed by atoms with E-state index in [0.717, 1.165) is 0 Å². The molecule has 0 amide bonds. The second kappa shape index (κ2) is 5.94. The Bertz CT molecular complexity index is 347. The van der Waals surface area contributed by atoms with Gasteiger partial charge in [-0.05, 0) is 19.9 Å². The third-order valence-corrected chi connectivity index (χ3v) is 1.58. The van der Waals surface area contributed by atoms with E-state index in [9.17, 15) is 0 Å². The highest BCUT2D eigenvalue weighted by Crippen LogP contribution is 2.10. The highest BCUT2D eigenvalue weighted by Gasteiger charge is 2.04. The smallest absolute Gasteiger partial charge is 0.251 e. The second-order valence-electron chi connectivity index (χ2n) is 3.13. The molecule has 0 fully saturated rings. The van der Waals surface area contributed by atoms with Crippen LogP contribution >= 0.6 is 0 Å². The quantitative estimate of drug-likeness (QED) is 0.677. The molecule has 0 aliphatic heterocycles. The number of hydrogen-bond donors (Lipinski definition) is 0. The van der Waals surface area contributed by atoms with Gasteiger partial charge >= 0.3 is 0 Å². The van der Waals surface area contributed by atoms with Gasteiger partial charge in [0.2, 0.25) is 0 Å². The number of nitriles is 1. The van der Waals surface area contributed by atoms with E-state index in [2.05, 4.69) is 10.2 Å². The third kappa shape index (κ3) is 3.92. The van der Waals surface area contributed by atoms with Gasteiger partial charge in [-0.2, -0.15) is 10.4 Å². The summed E-state index contributed by atoms with van der Waals surface area (Å²) in [7, 11) is 0. The predicted molar refractivity (Wildman–Crippen MR) is 53.3 cm³/mol. The second-order valence-corrected chi connectivity index (χ2v) is 3.13. The van der Waals surface area contributed by atoms with Crippen LogP contribution in [-0.2, 0) is 4.74 Å². The third-order valence-electron chi connectivity index (χ3n) is 1.58. The molecule has 1 aromatic rings. The van der Waals surface area contributed by atoms with E-state index < -0.39 is 0 Å². The number of hydrogen-bond acceptors (Lipinski definition) is 5. The van der Waals surface area contributed by atoms with E-state index in [1.807, 2.05) is 19.9 Å². The van der Waals surface area contributed by atoms with Crippen LogP contribution in [0.25, 0.3) is 0 Å². The molecule has 0 saturated carbocycles. The van der Waals surface area contributed by atoms with Crippen molar-refractivity contribution in [3.8, 4) is 11.9 Å². The highest BCUT2D eigenvalue weighted by molar-refractivity contribution is 5.35. The van der Waals surface area contributed by atoms with Gasteiger partial charge in [0.05, 0.1) is 18.9 Å². The summed E-state index contributed by atoms with van der Waals surface area (Å²) >= 11 is 0. The molecule has 0 aliphatic carbocycles. The Kier molecular flexibility index (Phi) is 4.51. The van der Waals surface area contributed by atoms with Crippen molar-refractivity contribution in [3.05, 3.63) is 17.8 Å². The van der Waals surface area contributed by atoms with Crippen molar-refractivity contribution in [2.24, 2.45) is 0 Å². The van der Waals surface area contributed by atoms with E-state index in [4.69, 9.17) is 14.7 Å². The molecule has 0 spiro atoms. The maximum absolute atomic E-state index is 8.73. The van der Waals surface area contributed by atoms with Gasteiger partial charge in [0, 0.05) is 0 Å². The first-order valence-corrected chi connectivity index (χ1v) is 4.70. The Morgan fingerprint density at radius 1 is 1.47 bits per heavy atom. The molecule has 0 radical (unpaired) electrons. The van der Waals surface area contributed by atoms with Gasteiger partial charge in [0.25, 0.3) is 5.88 Å². The lowest BCUT2D eigenvalue weighted by atomic mass is 10.3. The number of rotatable bonds is 5. The molecule has 0 atom stereocenters. The predicted octanol–water partition coefficient (Wildman–Crippen LogP) is 1.15. The van der Waals surface area contributed by atoms with E-state index in [0.29, 0.717) is 18.8 Å². The zero-order valence-electron chi connectivity index (χ0n) is 8.80. The summed E-state index contributed by atoms with van der Waals surface area (Å²) in [4.78, 5) is 0. The Morgan fingerprint density at radius 3 is 2.93 bits per heavy atom. The molecule has 80 valence electrons. The Balaban J connectivity index is 2.41. The van der Waals surface area contributed by atoms with Crippen molar-refractivity contribution in [1.82, 2.24) is 10.2 Å². The minimum Gasteiger partial charge on any atom is -0.473 e. The molecule has 1 heterocycles. The van der Waals surface area contributed by atoms with Crippen LogP contribution in [0, 0.1) is 11.3 Å². The number of ether oxygens (including phenoxy) is 2. The summed E-state index contributed by atoms with van der Waals surface area (Å²) in [5, 5.41) is 16.1. The minimum absolute atomic E-state index is 0.172. The molecule has 1 rings (SSSR count). The number of nitrogens with zero attached hydrogens (tertiary/aromatic N) is 3. The summed E-state index contributed by atoms with van der Waals surface area (Å²) < 4.78 is 10.5. The van der Waals surface area contributed by atoms with Crippen molar-refractivity contribution < 1.29 is 9.47 Å². The normalized spacial score (nSPS) is 10.0. The van der Waals surface area contributed by atoms with Gasteiger partial charge in [-0.25, -0.2) is 0 Å². The molecular formula is C10H13N3O2. The van der Waals surface area contributed by atoms with Crippen LogP contribution < -0.4 is 4.74 Å². The Hall–Kier alpha value is -1.67. The topological polar surface area (TPSA) is 68.0 Å². The molecule has 0 saturated heterocycles. The van der Waals surface area contributed by atoms with Crippen LogP contribution in [0.3, 0.4) is 0 Å². The van der Waals surface area contributed by atoms with E-state index in [1.165, 1.54) is 6.20 Å². The van der Waals surface area contributed by atoms with E-state index in [1.54, 1.807) is 6.07 Å². The van der Waals surface area contributed by atoms with Crippen LogP contribution in [0.2, 0.25) is 0 Å². The van der Waals surface area contributed by atoms with Crippen LogP contribution in [0.5, 0.6) is 5.88 Å². The van der Waals surface area contributed by atoms with Gasteiger partial charge in [0.1, 0.15) is 18.2 Å². The van der Waals surface area contributed by atoms with E-state index in [-0.39, 0.29) is 12.0 Å². The molecule has 0 unspecified atom stereocenters. The summed E-state index contributed by atoms with van der Waals surface area (Å²) in [6.07, 6.45) is 1.63. The lowest BCUT2D eigenvalue weighted by Gasteiger charge is -2.08. The molecule has 0 N–H and O–H groups in total. The first-order valence-electron chi connectivity index (χ1n) is 4.70. The molecular weight excluding hydrogens is 194 g/mol. The first-order chi connectivity index (χ1) is 7.24. The fourth-order valence-electron chi connectivity index (χ4n) is 0.933. The zero-order valence-corrected chi connectivity index (χ0v) is 8.80. The highest BCUT2D eigenvalue weighted by atomic mass is 16.5. The Labute approximate surface area is 88.6 Å². The van der Waals surface area contributed by atoms with Crippen molar-refractivity contribution in [2.45, 2.75) is 20.0 Å². The lowest BCUT2D eigenvalue weighted by Crippen LogP contribution is -2.12. The maximum Gasteiger partial charge on any atom is 0.251 e. The molecule has 0 bridgehead atoms. The summed E-state index contributed by atoms with van der Waals surface area (Å²) in [5.74, 6) is 0.257. The molecule has 0 aromatic carbocycles. The summed E-state index contributed by atoms with van der Waals surface area (Å²) in [5.41, 5.74) is 0.384. The average molecular weight is 207 g/mol. The summed E-state index contributed by atoms with van der Waals surface area (Å²) in [6.45, 7) is 4.73. The zero-order chi connectivity index (χ0) is 11.1. The molecule has 5 nitrogen and oxygen atoms in total. The fraction of sp³-hybridized carbons (Fsp3) is 0.500. The van der Waals surface area contributed by atoms with Crippen molar-refractivity contribution in [1.29, 1.82) is 5.26 Å². The van der Waals surface area contributed by atoms with Gasteiger partial charge in [0.15, 0.2) is 0 Å². The van der Waals surface area contributed by atoms with Gasteiger partial charge in [-0.15, -0.1) is 5.10 Å². The average Bonchev–Trinajstić information content (AvgIpc) is 2.24. The lowest BCUT2D eigenvalue weighted by molar-refractivity contribution is 0.0539. The van der Waals surface area contributed by atoms with Crippen molar-refractivity contribution >= 4 is 0 Å². The molecule has 1 aromatic heterocycles. The monoisotopic (exact) mass is 207 g/mol. The summed E-state index contributed by atoms with van der Waals surface area (Å²) in [6, 6.07) is 3.54. The maximum atomic E-state index is 8.73.